The van der Waals surface area contributed by atoms with E-state index in [4.69, 9.17) is 0 Å². The summed E-state index contributed by atoms with van der Waals surface area (Å²) in [6.07, 6.45) is 6.29. The lowest BCUT2D eigenvalue weighted by molar-refractivity contribution is 0.599. The first-order chi connectivity index (χ1) is 6.47. The fraction of sp³-hybridized carbons (Fsp3) is 0.500. The molecule has 1 aromatic heterocycles. The van der Waals surface area contributed by atoms with E-state index in [1.54, 1.807) is 12.4 Å². The summed E-state index contributed by atoms with van der Waals surface area (Å²) in [5.74, 6) is 0.251. The van der Waals surface area contributed by atoms with Crippen LogP contribution in [0.4, 0.5) is 0 Å². The van der Waals surface area contributed by atoms with Gasteiger partial charge in [-0.15, -0.1) is 0 Å². The normalized spacial score (nSPS) is 11.6. The fourth-order valence-corrected chi connectivity index (χ4v) is 1.96. The lowest BCUT2D eigenvalue weighted by Crippen LogP contribution is -2.04. The van der Waals surface area contributed by atoms with Gasteiger partial charge in [0.25, 0.3) is 0 Å². The molecule has 0 aliphatic rings. The molecule has 0 atom stereocenters. The minimum atomic E-state index is -2.82. The third-order valence-electron chi connectivity index (χ3n) is 1.91. The summed E-state index contributed by atoms with van der Waals surface area (Å²) in [6, 6.07) is 2.04. The van der Waals surface area contributed by atoms with Crippen molar-refractivity contribution in [3.8, 4) is 0 Å². The third kappa shape index (κ3) is 4.37. The highest BCUT2D eigenvalue weighted by molar-refractivity contribution is 7.90. The molecule has 0 bridgehead atoms. The molecule has 0 amide bonds. The van der Waals surface area contributed by atoms with Crippen LogP contribution in [0.2, 0.25) is 0 Å². The maximum Gasteiger partial charge on any atom is 0.147 e. The zero-order valence-electron chi connectivity index (χ0n) is 8.53. The molecule has 0 spiro atoms. The molecule has 0 fully saturated rings. The van der Waals surface area contributed by atoms with Crippen LogP contribution in [0.1, 0.15) is 17.5 Å². The van der Waals surface area contributed by atoms with Crippen LogP contribution in [0, 0.1) is 6.92 Å². The Morgan fingerprint density at radius 2 is 2.07 bits per heavy atom. The molecule has 0 saturated carbocycles. The van der Waals surface area contributed by atoms with Crippen LogP contribution in [0.3, 0.4) is 0 Å². The predicted octanol–water partition coefficient (Wildman–Crippen LogP) is 1.37. The Morgan fingerprint density at radius 3 is 2.64 bits per heavy atom. The third-order valence-corrected chi connectivity index (χ3v) is 2.94. The topological polar surface area (TPSA) is 47.0 Å². The monoisotopic (exact) mass is 213 g/mol. The van der Waals surface area contributed by atoms with Gasteiger partial charge < -0.3 is 0 Å². The van der Waals surface area contributed by atoms with Gasteiger partial charge >= 0.3 is 0 Å². The van der Waals surface area contributed by atoms with Crippen LogP contribution in [-0.4, -0.2) is 25.4 Å². The second kappa shape index (κ2) is 4.55. The van der Waals surface area contributed by atoms with Gasteiger partial charge in [0.05, 0.1) is 5.75 Å². The lowest BCUT2D eigenvalue weighted by atomic mass is 10.1. The number of hydrogen-bond acceptors (Lipinski definition) is 3. The average molecular weight is 213 g/mol. The van der Waals surface area contributed by atoms with Gasteiger partial charge in [0.1, 0.15) is 9.84 Å². The number of sulfone groups is 1. The van der Waals surface area contributed by atoms with Crippen molar-refractivity contribution < 1.29 is 8.42 Å². The van der Waals surface area contributed by atoms with Gasteiger partial charge in [-0.05, 0) is 30.9 Å². The van der Waals surface area contributed by atoms with Gasteiger partial charge in [0, 0.05) is 18.6 Å². The summed E-state index contributed by atoms with van der Waals surface area (Å²) < 4.78 is 21.7. The van der Waals surface area contributed by atoms with Crippen LogP contribution in [0.5, 0.6) is 0 Å². The Balaban J connectivity index is 2.47. The van der Waals surface area contributed by atoms with Gasteiger partial charge in [-0.1, -0.05) is 6.07 Å². The molecule has 0 radical (unpaired) electrons. The Kier molecular flexibility index (Phi) is 3.63. The Bertz CT molecular complexity index is 398. The second-order valence-electron chi connectivity index (χ2n) is 3.60. The summed E-state index contributed by atoms with van der Waals surface area (Å²) in [5, 5.41) is 0. The van der Waals surface area contributed by atoms with Gasteiger partial charge in [-0.3, -0.25) is 4.98 Å². The summed E-state index contributed by atoms with van der Waals surface area (Å²) in [5.41, 5.74) is 2.22. The molecule has 0 aliphatic heterocycles. The molecule has 14 heavy (non-hydrogen) atoms. The smallest absolute Gasteiger partial charge is 0.147 e. The van der Waals surface area contributed by atoms with Crippen LogP contribution in [0.15, 0.2) is 18.5 Å². The summed E-state index contributed by atoms with van der Waals surface area (Å²) in [4.78, 5) is 4.05. The molecule has 1 rings (SSSR count). The predicted molar refractivity (Wildman–Crippen MR) is 57.0 cm³/mol. The van der Waals surface area contributed by atoms with Crippen LogP contribution >= 0.6 is 0 Å². The Hall–Kier alpha value is -0.900. The van der Waals surface area contributed by atoms with Crippen molar-refractivity contribution in [2.24, 2.45) is 0 Å². The maximum atomic E-state index is 10.9. The van der Waals surface area contributed by atoms with E-state index >= 15 is 0 Å². The van der Waals surface area contributed by atoms with Gasteiger partial charge in [-0.25, -0.2) is 8.42 Å². The molecule has 0 aliphatic carbocycles. The molecule has 4 heteroatoms. The Morgan fingerprint density at radius 1 is 1.36 bits per heavy atom. The van der Waals surface area contributed by atoms with E-state index < -0.39 is 9.84 Å². The number of rotatable bonds is 4. The van der Waals surface area contributed by atoms with Crippen molar-refractivity contribution in [3.63, 3.8) is 0 Å². The lowest BCUT2D eigenvalue weighted by Gasteiger charge is -2.00. The van der Waals surface area contributed by atoms with Crippen molar-refractivity contribution >= 4 is 9.84 Å². The van der Waals surface area contributed by atoms with Crippen molar-refractivity contribution in [1.29, 1.82) is 0 Å². The summed E-state index contributed by atoms with van der Waals surface area (Å²) in [7, 11) is -2.82. The zero-order chi connectivity index (χ0) is 10.6. The first kappa shape index (κ1) is 11.2. The highest BCUT2D eigenvalue weighted by Gasteiger charge is 2.02. The van der Waals surface area contributed by atoms with E-state index in [1.807, 2.05) is 13.0 Å². The molecule has 0 aromatic carbocycles. The van der Waals surface area contributed by atoms with E-state index in [9.17, 15) is 8.42 Å². The first-order valence-corrected chi connectivity index (χ1v) is 6.62. The largest absolute Gasteiger partial charge is 0.264 e. The standard InChI is InChI=1S/C10H15NO2S/c1-9-6-10(8-11-7-9)4-3-5-14(2,12)13/h6-8H,3-5H2,1-2H3. The number of pyridine rings is 1. The first-order valence-electron chi connectivity index (χ1n) is 4.55. The van der Waals surface area contributed by atoms with Crippen molar-refractivity contribution in [1.82, 2.24) is 4.98 Å². The molecular formula is C10H15NO2S. The zero-order valence-corrected chi connectivity index (χ0v) is 9.34. The number of aryl methyl sites for hydroxylation is 2. The summed E-state index contributed by atoms with van der Waals surface area (Å²) >= 11 is 0. The van der Waals surface area contributed by atoms with Crippen LogP contribution < -0.4 is 0 Å². The van der Waals surface area contributed by atoms with Crippen molar-refractivity contribution in [3.05, 3.63) is 29.6 Å². The van der Waals surface area contributed by atoms with Crippen molar-refractivity contribution in [2.75, 3.05) is 12.0 Å². The Labute approximate surface area is 85.1 Å². The minimum Gasteiger partial charge on any atom is -0.264 e. The van der Waals surface area contributed by atoms with E-state index in [0.717, 1.165) is 17.5 Å². The average Bonchev–Trinajstić information content (AvgIpc) is 2.01. The van der Waals surface area contributed by atoms with E-state index in [-0.39, 0.29) is 5.75 Å². The van der Waals surface area contributed by atoms with Gasteiger partial charge in [0.15, 0.2) is 0 Å². The van der Waals surface area contributed by atoms with Crippen molar-refractivity contribution in [2.45, 2.75) is 19.8 Å². The molecule has 0 N–H and O–H groups in total. The highest BCUT2D eigenvalue weighted by atomic mass is 32.2. The molecular weight excluding hydrogens is 198 g/mol. The molecule has 0 unspecified atom stereocenters. The van der Waals surface area contributed by atoms with Crippen LogP contribution in [-0.2, 0) is 16.3 Å². The minimum absolute atomic E-state index is 0.251. The molecule has 3 nitrogen and oxygen atoms in total. The number of hydrogen-bond donors (Lipinski definition) is 0. The quantitative estimate of drug-likeness (QED) is 0.759. The maximum absolute atomic E-state index is 10.9. The molecule has 1 aromatic rings. The van der Waals surface area contributed by atoms with Gasteiger partial charge in [-0.2, -0.15) is 0 Å². The molecule has 0 saturated heterocycles. The molecule has 78 valence electrons. The van der Waals surface area contributed by atoms with E-state index in [0.29, 0.717) is 6.42 Å². The number of aromatic nitrogens is 1. The van der Waals surface area contributed by atoms with E-state index in [1.165, 1.54) is 6.26 Å². The fourth-order valence-electron chi connectivity index (χ4n) is 1.29. The summed E-state index contributed by atoms with van der Waals surface area (Å²) in [6.45, 7) is 1.98. The van der Waals surface area contributed by atoms with Gasteiger partial charge in [0.2, 0.25) is 0 Å². The molecule has 1 heterocycles. The van der Waals surface area contributed by atoms with E-state index in [2.05, 4.69) is 4.98 Å². The van der Waals surface area contributed by atoms with Crippen LogP contribution in [0.25, 0.3) is 0 Å². The number of nitrogens with zero attached hydrogens (tertiary/aromatic N) is 1. The SMILES string of the molecule is Cc1cncc(CCCS(C)(=O)=O)c1. The second-order valence-corrected chi connectivity index (χ2v) is 5.86. The highest BCUT2D eigenvalue weighted by Crippen LogP contribution is 2.05.